The van der Waals surface area contributed by atoms with Crippen molar-refractivity contribution in [1.29, 1.82) is 0 Å². The number of hydrogen-bond donors (Lipinski definition) is 1. The molecular weight excluding hydrogens is 327 g/mol. The van der Waals surface area contributed by atoms with Crippen LogP contribution in [-0.2, 0) is 4.79 Å². The summed E-state index contributed by atoms with van der Waals surface area (Å²) in [4.78, 5) is 10.6. The molecule has 0 aliphatic rings. The van der Waals surface area contributed by atoms with Crippen LogP contribution in [0, 0.1) is 0 Å². The number of carboxylic acid groups (broad SMARTS) is 1. The Morgan fingerprint density at radius 3 is 2.36 bits per heavy atom. The van der Waals surface area contributed by atoms with Gasteiger partial charge in [-0.2, -0.15) is 0 Å². The highest BCUT2D eigenvalue weighted by molar-refractivity contribution is 6.35. The van der Waals surface area contributed by atoms with Gasteiger partial charge < -0.3 is 14.6 Å². The molecule has 0 amide bonds. The molecule has 0 radical (unpaired) electrons. The van der Waals surface area contributed by atoms with Crippen LogP contribution >= 0.6 is 23.2 Å². The fourth-order valence-electron chi connectivity index (χ4n) is 1.79. The zero-order valence-electron chi connectivity index (χ0n) is 11.8. The lowest BCUT2D eigenvalue weighted by molar-refractivity contribution is -0.138. The fourth-order valence-corrected chi connectivity index (χ4v) is 2.24. The van der Waals surface area contributed by atoms with E-state index in [0.717, 1.165) is 0 Å². The average Bonchev–Trinajstić information content (AvgIpc) is 2.43. The minimum absolute atomic E-state index is 0.0569. The van der Waals surface area contributed by atoms with E-state index in [1.807, 2.05) is 0 Å². The Labute approximate surface area is 138 Å². The molecule has 0 fully saturated rings. The Bertz CT molecular complexity index is 656. The lowest BCUT2D eigenvalue weighted by atomic mass is 10.2. The van der Waals surface area contributed by atoms with Crippen LogP contribution in [0.3, 0.4) is 0 Å². The highest BCUT2D eigenvalue weighted by Gasteiger charge is 2.09. The summed E-state index contributed by atoms with van der Waals surface area (Å²) < 4.78 is 11.1. The van der Waals surface area contributed by atoms with E-state index in [-0.39, 0.29) is 6.42 Å². The van der Waals surface area contributed by atoms with E-state index in [0.29, 0.717) is 27.3 Å². The van der Waals surface area contributed by atoms with Crippen molar-refractivity contribution < 1.29 is 19.4 Å². The largest absolute Gasteiger partial charge is 0.490 e. The van der Waals surface area contributed by atoms with Gasteiger partial charge in [-0.3, -0.25) is 4.79 Å². The van der Waals surface area contributed by atoms with E-state index < -0.39 is 12.1 Å². The Morgan fingerprint density at radius 1 is 1.14 bits per heavy atom. The van der Waals surface area contributed by atoms with Crippen LogP contribution in [-0.4, -0.2) is 17.2 Å². The van der Waals surface area contributed by atoms with E-state index in [2.05, 4.69) is 0 Å². The Balaban J connectivity index is 2.01. The maximum Gasteiger partial charge on any atom is 0.307 e. The molecule has 22 heavy (non-hydrogen) atoms. The molecule has 2 aromatic carbocycles. The molecule has 0 aliphatic carbocycles. The van der Waals surface area contributed by atoms with Crippen LogP contribution in [0.15, 0.2) is 42.5 Å². The minimum atomic E-state index is -0.898. The monoisotopic (exact) mass is 340 g/mol. The molecule has 0 bridgehead atoms. The second-order valence-electron chi connectivity index (χ2n) is 4.67. The first-order valence-corrected chi connectivity index (χ1v) is 7.31. The summed E-state index contributed by atoms with van der Waals surface area (Å²) in [5.74, 6) is 0.759. The van der Waals surface area contributed by atoms with Crippen molar-refractivity contribution in [2.45, 2.75) is 19.4 Å². The maximum atomic E-state index is 10.6. The van der Waals surface area contributed by atoms with Crippen LogP contribution < -0.4 is 9.47 Å². The third kappa shape index (κ3) is 4.83. The van der Waals surface area contributed by atoms with Gasteiger partial charge in [-0.25, -0.2) is 0 Å². The van der Waals surface area contributed by atoms with Crippen molar-refractivity contribution in [2.75, 3.05) is 0 Å². The summed E-state index contributed by atoms with van der Waals surface area (Å²) >= 11 is 11.9. The summed E-state index contributed by atoms with van der Waals surface area (Å²) in [6, 6.07) is 11.8. The van der Waals surface area contributed by atoms with E-state index >= 15 is 0 Å². The van der Waals surface area contributed by atoms with Crippen molar-refractivity contribution in [3.8, 4) is 17.2 Å². The second-order valence-corrected chi connectivity index (χ2v) is 5.52. The molecule has 0 aliphatic heterocycles. The van der Waals surface area contributed by atoms with Crippen molar-refractivity contribution in [1.82, 2.24) is 0 Å². The molecule has 0 heterocycles. The zero-order chi connectivity index (χ0) is 16.1. The molecule has 1 atom stereocenters. The van der Waals surface area contributed by atoms with Crippen LogP contribution in [0.1, 0.15) is 13.3 Å². The summed E-state index contributed by atoms with van der Waals surface area (Å²) in [7, 11) is 0. The van der Waals surface area contributed by atoms with Gasteiger partial charge in [0.25, 0.3) is 0 Å². The number of hydrogen-bond acceptors (Lipinski definition) is 3. The molecule has 116 valence electrons. The predicted octanol–water partition coefficient (Wildman–Crippen LogP) is 5.03. The molecule has 2 rings (SSSR count). The van der Waals surface area contributed by atoms with Crippen molar-refractivity contribution in [2.24, 2.45) is 0 Å². The molecule has 2 aromatic rings. The highest BCUT2D eigenvalue weighted by Crippen LogP contribution is 2.32. The number of rotatable bonds is 6. The number of ether oxygens (including phenoxy) is 2. The van der Waals surface area contributed by atoms with Gasteiger partial charge >= 0.3 is 5.97 Å². The zero-order valence-corrected chi connectivity index (χ0v) is 13.3. The van der Waals surface area contributed by atoms with Gasteiger partial charge in [0.2, 0.25) is 0 Å². The van der Waals surface area contributed by atoms with Gasteiger partial charge in [0, 0.05) is 5.02 Å². The van der Waals surface area contributed by atoms with E-state index in [4.69, 9.17) is 37.8 Å². The highest BCUT2D eigenvalue weighted by atomic mass is 35.5. The van der Waals surface area contributed by atoms with Crippen molar-refractivity contribution in [3.63, 3.8) is 0 Å². The SMILES string of the molecule is CC(CC(=O)O)Oc1ccc(Oc2ccc(Cl)cc2Cl)cc1. The third-order valence-electron chi connectivity index (χ3n) is 2.74. The first-order valence-electron chi connectivity index (χ1n) is 6.55. The quantitative estimate of drug-likeness (QED) is 0.801. The van der Waals surface area contributed by atoms with Crippen LogP contribution in [0.2, 0.25) is 10.0 Å². The smallest absolute Gasteiger partial charge is 0.307 e. The lowest BCUT2D eigenvalue weighted by Gasteiger charge is -2.13. The summed E-state index contributed by atoms with van der Waals surface area (Å²) in [6.07, 6.45) is -0.464. The maximum absolute atomic E-state index is 10.6. The van der Waals surface area contributed by atoms with Crippen LogP contribution in [0.25, 0.3) is 0 Å². The molecule has 1 unspecified atom stereocenters. The Hall–Kier alpha value is -1.91. The van der Waals surface area contributed by atoms with Crippen molar-refractivity contribution in [3.05, 3.63) is 52.5 Å². The van der Waals surface area contributed by atoms with Gasteiger partial charge in [0.15, 0.2) is 0 Å². The first kappa shape index (κ1) is 16.5. The number of carboxylic acids is 1. The number of benzene rings is 2. The fraction of sp³-hybridized carbons (Fsp3) is 0.188. The van der Waals surface area contributed by atoms with Crippen LogP contribution in [0.4, 0.5) is 0 Å². The first-order chi connectivity index (χ1) is 10.4. The van der Waals surface area contributed by atoms with E-state index in [1.54, 1.807) is 49.4 Å². The van der Waals surface area contributed by atoms with Gasteiger partial charge in [-0.1, -0.05) is 23.2 Å². The average molecular weight is 341 g/mol. The minimum Gasteiger partial charge on any atom is -0.490 e. The molecule has 1 N–H and O–H groups in total. The Morgan fingerprint density at radius 2 is 1.77 bits per heavy atom. The van der Waals surface area contributed by atoms with Crippen molar-refractivity contribution >= 4 is 29.2 Å². The van der Waals surface area contributed by atoms with E-state index in [9.17, 15) is 4.79 Å². The number of halogens is 2. The molecule has 0 saturated heterocycles. The summed E-state index contributed by atoms with van der Waals surface area (Å²) in [5.41, 5.74) is 0. The third-order valence-corrected chi connectivity index (χ3v) is 3.28. The Kier molecular flexibility index (Phi) is 5.52. The standard InChI is InChI=1S/C16H14Cl2O4/c1-10(8-16(19)20)21-12-3-5-13(6-4-12)22-15-7-2-11(17)9-14(15)18/h2-7,9-10H,8H2,1H3,(H,19,20). The number of aliphatic carboxylic acids is 1. The lowest BCUT2D eigenvalue weighted by Crippen LogP contribution is -2.16. The summed E-state index contributed by atoms with van der Waals surface area (Å²) in [5, 5.41) is 9.65. The molecular formula is C16H14Cl2O4. The number of carbonyl (C=O) groups is 1. The van der Waals surface area contributed by atoms with E-state index in [1.165, 1.54) is 0 Å². The topological polar surface area (TPSA) is 55.8 Å². The molecule has 0 aromatic heterocycles. The van der Waals surface area contributed by atoms with Gasteiger partial charge in [0.1, 0.15) is 23.4 Å². The second kappa shape index (κ2) is 7.38. The predicted molar refractivity (Wildman–Crippen MR) is 85.3 cm³/mol. The van der Waals surface area contributed by atoms with Gasteiger partial charge in [-0.15, -0.1) is 0 Å². The van der Waals surface area contributed by atoms with Crippen LogP contribution in [0.5, 0.6) is 17.2 Å². The molecule has 0 saturated carbocycles. The summed E-state index contributed by atoms with van der Waals surface area (Å²) in [6.45, 7) is 1.70. The molecule has 4 nitrogen and oxygen atoms in total. The molecule has 0 spiro atoms. The van der Waals surface area contributed by atoms with Gasteiger partial charge in [0.05, 0.1) is 11.4 Å². The molecule has 6 heteroatoms. The van der Waals surface area contributed by atoms with Gasteiger partial charge in [-0.05, 0) is 49.4 Å². The normalized spacial score (nSPS) is 11.8.